The molecule has 4 rings (SSSR count). The van der Waals surface area contributed by atoms with E-state index in [9.17, 15) is 13.2 Å². The van der Waals surface area contributed by atoms with Gasteiger partial charge in [-0.1, -0.05) is 54.9 Å². The molecule has 0 spiro atoms. The molecule has 0 atom stereocenters. The van der Waals surface area contributed by atoms with E-state index in [2.05, 4.69) is 5.32 Å². The summed E-state index contributed by atoms with van der Waals surface area (Å²) in [6.07, 6.45) is 3.49. The van der Waals surface area contributed by atoms with Gasteiger partial charge in [0, 0.05) is 22.7 Å². The number of pyridine rings is 1. The van der Waals surface area contributed by atoms with E-state index >= 15 is 0 Å². The van der Waals surface area contributed by atoms with E-state index in [0.717, 1.165) is 39.7 Å². The summed E-state index contributed by atoms with van der Waals surface area (Å²) in [6, 6.07) is 15.2. The summed E-state index contributed by atoms with van der Waals surface area (Å²) in [5.74, 6) is -0.273. The number of carbonyl (C=O) groups is 1. The van der Waals surface area contributed by atoms with Gasteiger partial charge in [0.2, 0.25) is 0 Å². The molecule has 0 unspecified atom stereocenters. The van der Waals surface area contributed by atoms with Crippen LogP contribution in [0.3, 0.4) is 0 Å². The zero-order chi connectivity index (χ0) is 22.0. The van der Waals surface area contributed by atoms with E-state index in [4.69, 9.17) is 16.6 Å². The van der Waals surface area contributed by atoms with E-state index in [1.165, 1.54) is 0 Å². The molecule has 5 nitrogen and oxygen atoms in total. The third kappa shape index (κ3) is 4.50. The topological polar surface area (TPSA) is 76.1 Å². The first kappa shape index (κ1) is 21.5. The number of nitrogens with one attached hydrogen (secondary N) is 1. The summed E-state index contributed by atoms with van der Waals surface area (Å²) in [5.41, 5.74) is 4.98. The summed E-state index contributed by atoms with van der Waals surface area (Å²) in [7, 11) is -3.15. The fraction of sp³-hybridized carbons (Fsp3) is 0.250. The van der Waals surface area contributed by atoms with Crippen molar-refractivity contribution in [3.8, 4) is 0 Å². The molecular weight excluding hydrogens is 432 g/mol. The monoisotopic (exact) mass is 454 g/mol. The Bertz CT molecular complexity index is 1300. The lowest BCUT2D eigenvalue weighted by Crippen LogP contribution is -2.30. The molecule has 7 heteroatoms. The maximum absolute atomic E-state index is 13.1. The largest absolute Gasteiger partial charge is 0.351 e. The highest BCUT2D eigenvalue weighted by molar-refractivity contribution is 7.91. The number of benzene rings is 2. The van der Waals surface area contributed by atoms with Crippen LogP contribution in [0.5, 0.6) is 0 Å². The van der Waals surface area contributed by atoms with Crippen LogP contribution < -0.4 is 5.32 Å². The van der Waals surface area contributed by atoms with Crippen LogP contribution in [0.15, 0.2) is 48.5 Å². The van der Waals surface area contributed by atoms with Gasteiger partial charge >= 0.3 is 0 Å². The number of para-hydroxylation sites is 1. The molecule has 1 heterocycles. The summed E-state index contributed by atoms with van der Waals surface area (Å²) in [6.45, 7) is 1.69. The lowest BCUT2D eigenvalue weighted by molar-refractivity contribution is 0.0957. The average Bonchev–Trinajstić information content (AvgIpc) is 3.15. The van der Waals surface area contributed by atoms with Gasteiger partial charge in [-0.2, -0.15) is 0 Å². The summed E-state index contributed by atoms with van der Waals surface area (Å²) in [4.78, 5) is 18.0. The van der Waals surface area contributed by atoms with Crippen molar-refractivity contribution in [2.75, 3.05) is 18.1 Å². The quantitative estimate of drug-likeness (QED) is 0.593. The number of fused-ring (bicyclic) bond motifs is 2. The first-order valence-electron chi connectivity index (χ1n) is 10.3. The molecule has 0 radical (unpaired) electrons. The summed E-state index contributed by atoms with van der Waals surface area (Å²) in [5, 5.41) is 4.24. The molecule has 0 fully saturated rings. The van der Waals surface area contributed by atoms with Crippen LogP contribution in [-0.4, -0.2) is 37.4 Å². The Labute approximate surface area is 187 Å². The van der Waals surface area contributed by atoms with Gasteiger partial charge in [-0.15, -0.1) is 0 Å². The smallest absolute Gasteiger partial charge is 0.252 e. The molecule has 31 heavy (non-hydrogen) atoms. The fourth-order valence-electron chi connectivity index (χ4n) is 3.87. The number of sulfone groups is 1. The second-order valence-corrected chi connectivity index (χ2v) is 10.4. The molecule has 0 saturated heterocycles. The molecule has 1 amide bonds. The first-order chi connectivity index (χ1) is 14.9. The molecule has 0 bridgehead atoms. The van der Waals surface area contributed by atoms with Crippen molar-refractivity contribution >= 4 is 49.9 Å². The van der Waals surface area contributed by atoms with Crippen LogP contribution in [0.4, 0.5) is 0 Å². The number of halogens is 1. The van der Waals surface area contributed by atoms with Gasteiger partial charge in [-0.05, 0) is 47.8 Å². The third-order valence-electron chi connectivity index (χ3n) is 5.54. The number of carbonyl (C=O) groups excluding carboxylic acids is 1. The Balaban J connectivity index is 1.75. The van der Waals surface area contributed by atoms with Crippen molar-refractivity contribution in [3.63, 3.8) is 0 Å². The number of nitrogens with zero attached hydrogens (tertiary/aromatic N) is 1. The van der Waals surface area contributed by atoms with Crippen LogP contribution in [-0.2, 0) is 16.3 Å². The minimum atomic E-state index is -3.15. The Morgan fingerprint density at radius 1 is 1.13 bits per heavy atom. The minimum Gasteiger partial charge on any atom is -0.351 e. The van der Waals surface area contributed by atoms with E-state index in [0.29, 0.717) is 17.0 Å². The van der Waals surface area contributed by atoms with Crippen molar-refractivity contribution in [1.29, 1.82) is 0 Å². The number of amides is 1. The zero-order valence-electron chi connectivity index (χ0n) is 17.2. The standard InChI is InChI=1S/C24H23ClN2O3S/c1-2-31(29,30)14-13-26-24(28)22-18-8-4-6-10-21(18)27-23-17(11-12-19(22)23)15-16-7-3-5-9-20(16)25/h3-10,15H,2,11-14H2,1H3,(H,26,28)/b17-15+. The van der Waals surface area contributed by atoms with Gasteiger partial charge in [-0.25, -0.2) is 13.4 Å². The van der Waals surface area contributed by atoms with Crippen LogP contribution in [0.25, 0.3) is 22.6 Å². The van der Waals surface area contributed by atoms with Crippen LogP contribution in [0, 0.1) is 0 Å². The van der Waals surface area contributed by atoms with Crippen LogP contribution in [0.2, 0.25) is 5.02 Å². The predicted molar refractivity (Wildman–Crippen MR) is 126 cm³/mol. The summed E-state index contributed by atoms with van der Waals surface area (Å²) < 4.78 is 23.6. The SMILES string of the molecule is CCS(=O)(=O)CCNC(=O)c1c2c(nc3ccccc13)/C(=C/c1ccccc1Cl)CC2. The highest BCUT2D eigenvalue weighted by Crippen LogP contribution is 2.38. The molecule has 3 aromatic rings. The maximum atomic E-state index is 13.1. The minimum absolute atomic E-state index is 0.0622. The molecule has 0 aliphatic heterocycles. The number of rotatable bonds is 6. The Morgan fingerprint density at radius 3 is 2.65 bits per heavy atom. The first-order valence-corrected chi connectivity index (χ1v) is 12.5. The number of hydrogen-bond acceptors (Lipinski definition) is 4. The highest BCUT2D eigenvalue weighted by Gasteiger charge is 2.27. The molecule has 2 aromatic carbocycles. The second kappa shape index (κ2) is 8.81. The van der Waals surface area contributed by atoms with Crippen molar-refractivity contribution in [1.82, 2.24) is 10.3 Å². The number of hydrogen-bond donors (Lipinski definition) is 1. The summed E-state index contributed by atoms with van der Waals surface area (Å²) >= 11 is 6.33. The lowest BCUT2D eigenvalue weighted by Gasteiger charge is -2.13. The molecular formula is C24H23ClN2O3S. The van der Waals surface area contributed by atoms with E-state index in [-0.39, 0.29) is 24.0 Å². The van der Waals surface area contributed by atoms with Crippen molar-refractivity contribution in [3.05, 3.63) is 75.9 Å². The van der Waals surface area contributed by atoms with Crippen molar-refractivity contribution in [2.45, 2.75) is 19.8 Å². The number of allylic oxidation sites excluding steroid dienone is 1. The molecule has 1 N–H and O–H groups in total. The van der Waals surface area contributed by atoms with Crippen molar-refractivity contribution < 1.29 is 13.2 Å². The Kier molecular flexibility index (Phi) is 6.12. The highest BCUT2D eigenvalue weighted by atomic mass is 35.5. The van der Waals surface area contributed by atoms with E-state index in [1.54, 1.807) is 6.92 Å². The van der Waals surface area contributed by atoms with Gasteiger partial charge in [0.05, 0.1) is 22.5 Å². The normalized spacial score (nSPS) is 14.7. The molecule has 1 aliphatic rings. The lowest BCUT2D eigenvalue weighted by atomic mass is 10.00. The molecule has 1 aromatic heterocycles. The van der Waals surface area contributed by atoms with Gasteiger partial charge in [-0.3, -0.25) is 4.79 Å². The fourth-order valence-corrected chi connectivity index (χ4v) is 4.76. The van der Waals surface area contributed by atoms with E-state index < -0.39 is 9.84 Å². The zero-order valence-corrected chi connectivity index (χ0v) is 18.8. The molecule has 160 valence electrons. The van der Waals surface area contributed by atoms with Crippen LogP contribution >= 0.6 is 11.6 Å². The van der Waals surface area contributed by atoms with Crippen LogP contribution in [0.1, 0.15) is 40.5 Å². The second-order valence-electron chi connectivity index (χ2n) is 7.51. The number of aromatic nitrogens is 1. The third-order valence-corrected chi connectivity index (χ3v) is 7.59. The Hall–Kier alpha value is -2.70. The van der Waals surface area contributed by atoms with Gasteiger partial charge in [0.25, 0.3) is 5.91 Å². The maximum Gasteiger partial charge on any atom is 0.252 e. The Morgan fingerprint density at radius 2 is 1.87 bits per heavy atom. The van der Waals surface area contributed by atoms with Gasteiger partial charge < -0.3 is 5.32 Å². The average molecular weight is 455 g/mol. The van der Waals surface area contributed by atoms with E-state index in [1.807, 2.05) is 54.6 Å². The molecule has 1 aliphatic carbocycles. The van der Waals surface area contributed by atoms with Gasteiger partial charge in [0.1, 0.15) is 0 Å². The predicted octanol–water partition coefficient (Wildman–Crippen LogP) is 4.54. The van der Waals surface area contributed by atoms with Gasteiger partial charge in [0.15, 0.2) is 9.84 Å². The van der Waals surface area contributed by atoms with Crippen molar-refractivity contribution in [2.24, 2.45) is 0 Å². The molecule has 0 saturated carbocycles.